The molecule has 0 aliphatic heterocycles. The van der Waals surface area contributed by atoms with Crippen LogP contribution in [0.5, 0.6) is 0 Å². The van der Waals surface area contributed by atoms with Gasteiger partial charge in [0.1, 0.15) is 0 Å². The van der Waals surface area contributed by atoms with E-state index in [0.717, 1.165) is 5.69 Å². The number of nitrogens with zero attached hydrogens (tertiary/aromatic N) is 1. The van der Waals surface area contributed by atoms with Crippen molar-refractivity contribution >= 4 is 85.9 Å². The third-order valence-electron chi connectivity index (χ3n) is 11.5. The average molecular weight is 717 g/mol. The number of rotatable bonds is 4. The number of fused-ring (bicyclic) bond motifs is 13. The molecule has 0 fully saturated rings. The van der Waals surface area contributed by atoms with Gasteiger partial charge in [0.15, 0.2) is 0 Å². The van der Waals surface area contributed by atoms with Crippen LogP contribution in [0.3, 0.4) is 0 Å². The average Bonchev–Trinajstić information content (AvgIpc) is 3.94. The fourth-order valence-electron chi connectivity index (χ4n) is 8.94. The fraction of sp³-hybridized carbons (Fsp3) is 0. The van der Waals surface area contributed by atoms with Gasteiger partial charge in [-0.1, -0.05) is 152 Å². The Morgan fingerprint density at radius 3 is 1.65 bits per heavy atom. The van der Waals surface area contributed by atoms with E-state index in [1.807, 2.05) is 11.3 Å². The Labute approximate surface area is 321 Å². The lowest BCUT2D eigenvalue weighted by Gasteiger charge is -2.14. The van der Waals surface area contributed by atoms with Crippen LogP contribution in [0, 0.1) is 0 Å². The molecule has 1 N–H and O–H groups in total. The maximum Gasteiger partial charge on any atom is 0.0555 e. The summed E-state index contributed by atoms with van der Waals surface area (Å²) in [6.45, 7) is 0. The molecule has 3 heterocycles. The van der Waals surface area contributed by atoms with E-state index in [2.05, 4.69) is 198 Å². The molecule has 55 heavy (non-hydrogen) atoms. The molecule has 9 aromatic carbocycles. The molecule has 0 bridgehead atoms. The summed E-state index contributed by atoms with van der Waals surface area (Å²) in [6.07, 6.45) is 0. The summed E-state index contributed by atoms with van der Waals surface area (Å²) in [7, 11) is 0. The van der Waals surface area contributed by atoms with E-state index in [4.69, 9.17) is 0 Å². The van der Waals surface area contributed by atoms with Crippen LogP contribution >= 0.6 is 11.3 Å². The van der Waals surface area contributed by atoms with Gasteiger partial charge in [-0.25, -0.2) is 0 Å². The van der Waals surface area contributed by atoms with Crippen molar-refractivity contribution in [1.82, 2.24) is 9.55 Å². The van der Waals surface area contributed by atoms with Gasteiger partial charge in [0.2, 0.25) is 0 Å². The molecule has 0 saturated heterocycles. The molecule has 0 radical (unpaired) electrons. The van der Waals surface area contributed by atoms with Gasteiger partial charge >= 0.3 is 0 Å². The van der Waals surface area contributed by atoms with Crippen molar-refractivity contribution in [3.8, 4) is 39.1 Å². The zero-order valence-corrected chi connectivity index (χ0v) is 30.6. The second-order valence-electron chi connectivity index (χ2n) is 14.6. The molecular formula is C52H32N2S. The Bertz CT molecular complexity index is 3400. The van der Waals surface area contributed by atoms with Crippen molar-refractivity contribution < 1.29 is 0 Å². The Balaban J connectivity index is 1.20. The maximum absolute atomic E-state index is 3.81. The van der Waals surface area contributed by atoms with E-state index in [9.17, 15) is 0 Å². The van der Waals surface area contributed by atoms with Crippen LogP contribution in [0.4, 0.5) is 0 Å². The maximum atomic E-state index is 3.81. The van der Waals surface area contributed by atoms with Crippen LogP contribution in [0.2, 0.25) is 0 Å². The highest BCUT2D eigenvalue weighted by molar-refractivity contribution is 7.27. The lowest BCUT2D eigenvalue weighted by Crippen LogP contribution is -1.96. The molecule has 0 saturated carbocycles. The third-order valence-corrected chi connectivity index (χ3v) is 12.7. The topological polar surface area (TPSA) is 20.7 Å². The molecule has 0 atom stereocenters. The highest BCUT2D eigenvalue weighted by Gasteiger charge is 2.21. The largest absolute Gasteiger partial charge is 0.354 e. The molecule has 0 aliphatic carbocycles. The van der Waals surface area contributed by atoms with E-state index < -0.39 is 0 Å². The Morgan fingerprint density at radius 2 is 0.945 bits per heavy atom. The number of hydrogen-bond donors (Lipinski definition) is 1. The first kappa shape index (κ1) is 30.5. The van der Waals surface area contributed by atoms with Gasteiger partial charge < -0.3 is 9.55 Å². The van der Waals surface area contributed by atoms with Crippen molar-refractivity contribution in [2.45, 2.75) is 0 Å². The number of benzene rings is 9. The minimum Gasteiger partial charge on any atom is -0.354 e. The van der Waals surface area contributed by atoms with Gasteiger partial charge in [-0.2, -0.15) is 0 Å². The monoisotopic (exact) mass is 716 g/mol. The number of nitrogens with one attached hydrogen (secondary N) is 1. The zero-order valence-electron chi connectivity index (χ0n) is 29.8. The number of hydrogen-bond acceptors (Lipinski definition) is 1. The number of aromatic amines is 1. The van der Waals surface area contributed by atoms with E-state index >= 15 is 0 Å². The Kier molecular flexibility index (Phi) is 6.54. The number of H-pyrrole nitrogens is 1. The summed E-state index contributed by atoms with van der Waals surface area (Å²) in [4.78, 5) is 3.81. The molecule has 0 unspecified atom stereocenters. The Hall–Kier alpha value is -6.94. The zero-order chi connectivity index (χ0) is 36.0. The molecule has 256 valence electrons. The predicted molar refractivity (Wildman–Crippen MR) is 237 cm³/mol. The van der Waals surface area contributed by atoms with E-state index in [0.29, 0.717) is 0 Å². The SMILES string of the molecule is c1ccc(-c2cc(-c3ccccc3)cc(-n3c4cc(-c5ccccc5)ccc4c4c5sc6c(ccc7[nH]c8c9ccccc9ccc8c76)c5ccc43)c2)cc1. The van der Waals surface area contributed by atoms with Gasteiger partial charge in [-0.05, 0) is 75.2 Å². The lowest BCUT2D eigenvalue weighted by atomic mass is 9.98. The van der Waals surface area contributed by atoms with Crippen LogP contribution in [-0.4, -0.2) is 9.55 Å². The molecular weight excluding hydrogens is 685 g/mol. The van der Waals surface area contributed by atoms with Gasteiger partial charge in [-0.15, -0.1) is 11.3 Å². The van der Waals surface area contributed by atoms with Crippen molar-refractivity contribution in [2.24, 2.45) is 0 Å². The standard InChI is InChI=1S/C52H32N2S/c1-4-12-32(13-5-1)36-21-22-43-47(31-36)54(39-29-37(33-14-6-2-7-15-33)28-38(30-39)34-16-8-3-9-17-34)46-27-25-42-41-24-26-45-48(51(41)55-52(42)49(43)46)44-23-20-35-18-10-11-19-40(35)50(44)53-45/h1-31,53H. The van der Waals surface area contributed by atoms with Crippen LogP contribution in [0.1, 0.15) is 0 Å². The lowest BCUT2D eigenvalue weighted by molar-refractivity contribution is 1.18. The normalized spacial score (nSPS) is 12.0. The summed E-state index contributed by atoms with van der Waals surface area (Å²) in [6, 6.07) is 68.9. The van der Waals surface area contributed by atoms with E-state index in [-0.39, 0.29) is 0 Å². The molecule has 12 aromatic rings. The van der Waals surface area contributed by atoms with Crippen molar-refractivity contribution in [2.75, 3.05) is 0 Å². The highest BCUT2D eigenvalue weighted by Crippen LogP contribution is 2.48. The highest BCUT2D eigenvalue weighted by atomic mass is 32.1. The van der Waals surface area contributed by atoms with Crippen molar-refractivity contribution in [3.05, 3.63) is 188 Å². The molecule has 0 spiro atoms. The van der Waals surface area contributed by atoms with Crippen molar-refractivity contribution in [3.63, 3.8) is 0 Å². The molecule has 12 rings (SSSR count). The van der Waals surface area contributed by atoms with Gasteiger partial charge in [0.25, 0.3) is 0 Å². The molecule has 3 aromatic heterocycles. The van der Waals surface area contributed by atoms with E-state index in [1.54, 1.807) is 0 Å². The minimum atomic E-state index is 1.15. The first-order chi connectivity index (χ1) is 27.3. The first-order valence-corrected chi connectivity index (χ1v) is 19.7. The minimum absolute atomic E-state index is 1.15. The summed E-state index contributed by atoms with van der Waals surface area (Å²) in [5, 5.41) is 10.3. The number of aromatic nitrogens is 2. The molecule has 0 amide bonds. The summed E-state index contributed by atoms with van der Waals surface area (Å²) < 4.78 is 5.17. The van der Waals surface area contributed by atoms with Gasteiger partial charge in [-0.3, -0.25) is 0 Å². The fourth-order valence-corrected chi connectivity index (χ4v) is 10.4. The van der Waals surface area contributed by atoms with Crippen LogP contribution in [0.15, 0.2) is 188 Å². The molecule has 3 heteroatoms. The second-order valence-corrected chi connectivity index (χ2v) is 15.6. The van der Waals surface area contributed by atoms with Crippen molar-refractivity contribution in [1.29, 1.82) is 0 Å². The van der Waals surface area contributed by atoms with E-state index in [1.165, 1.54) is 108 Å². The van der Waals surface area contributed by atoms with Gasteiger partial charge in [0, 0.05) is 58.3 Å². The van der Waals surface area contributed by atoms with Crippen LogP contribution < -0.4 is 0 Å². The predicted octanol–water partition coefficient (Wildman–Crippen LogP) is 14.9. The van der Waals surface area contributed by atoms with Crippen LogP contribution in [0.25, 0.3) is 114 Å². The van der Waals surface area contributed by atoms with Crippen LogP contribution in [-0.2, 0) is 0 Å². The summed E-state index contributed by atoms with van der Waals surface area (Å²) >= 11 is 1.94. The first-order valence-electron chi connectivity index (χ1n) is 18.8. The number of thiophene rings is 1. The second kappa shape index (κ2) is 11.8. The quantitative estimate of drug-likeness (QED) is 0.187. The Morgan fingerprint density at radius 1 is 0.364 bits per heavy atom. The van der Waals surface area contributed by atoms with Gasteiger partial charge in [0.05, 0.1) is 16.6 Å². The molecule has 2 nitrogen and oxygen atoms in total. The summed E-state index contributed by atoms with van der Waals surface area (Å²) in [5.41, 5.74) is 13.2. The summed E-state index contributed by atoms with van der Waals surface area (Å²) in [5.74, 6) is 0. The smallest absolute Gasteiger partial charge is 0.0555 e. The third kappa shape index (κ3) is 4.60. The molecule has 0 aliphatic rings.